The maximum atomic E-state index is 13.6. The van der Waals surface area contributed by atoms with Crippen LogP contribution in [0.25, 0.3) is 5.69 Å². The molecule has 0 aliphatic carbocycles. The molecule has 2 aromatic carbocycles. The van der Waals surface area contributed by atoms with E-state index in [1.807, 2.05) is 17.1 Å². The molecule has 39 heavy (non-hydrogen) atoms. The molecule has 0 fully saturated rings. The summed E-state index contributed by atoms with van der Waals surface area (Å²) in [6, 6.07) is 11.2. The lowest BCUT2D eigenvalue weighted by molar-refractivity contribution is -0.683. The van der Waals surface area contributed by atoms with Crippen LogP contribution in [0.2, 0.25) is 0 Å². The van der Waals surface area contributed by atoms with Crippen LogP contribution in [-0.4, -0.2) is 10.5 Å². The highest BCUT2D eigenvalue weighted by Crippen LogP contribution is 2.41. The lowest BCUT2D eigenvalue weighted by atomic mass is 9.74. The van der Waals surface area contributed by atoms with Gasteiger partial charge in [-0.2, -0.15) is 0 Å². The zero-order valence-corrected chi connectivity index (χ0v) is 26.8. The van der Waals surface area contributed by atoms with Crippen molar-refractivity contribution in [3.8, 4) is 5.69 Å². The lowest BCUT2D eigenvalue weighted by Crippen LogP contribution is -2.39. The Morgan fingerprint density at radius 2 is 1.31 bits per heavy atom. The van der Waals surface area contributed by atoms with Crippen molar-refractivity contribution < 1.29 is 9.36 Å². The van der Waals surface area contributed by atoms with Crippen LogP contribution in [0.5, 0.6) is 0 Å². The van der Waals surface area contributed by atoms with E-state index in [4.69, 9.17) is 0 Å². The van der Waals surface area contributed by atoms with Gasteiger partial charge in [-0.15, -0.1) is 0 Å². The van der Waals surface area contributed by atoms with Gasteiger partial charge in [0.2, 0.25) is 6.33 Å². The summed E-state index contributed by atoms with van der Waals surface area (Å²) < 4.78 is 4.16. The number of hydrogen-bond acceptors (Lipinski definition) is 1. The van der Waals surface area contributed by atoms with Crippen LogP contribution in [0, 0.1) is 0 Å². The van der Waals surface area contributed by atoms with Gasteiger partial charge in [0.05, 0.1) is 0 Å². The maximum Gasteiger partial charge on any atom is 0.266 e. The van der Waals surface area contributed by atoms with E-state index in [-0.39, 0.29) is 28.7 Å². The van der Waals surface area contributed by atoms with Gasteiger partial charge in [0, 0.05) is 16.8 Å². The average molecular weight is 531 g/mol. The molecule has 4 heteroatoms. The van der Waals surface area contributed by atoms with Crippen LogP contribution in [0.15, 0.2) is 49.1 Å². The fourth-order valence-electron chi connectivity index (χ4n) is 5.17. The highest BCUT2D eigenvalue weighted by atomic mass is 16.1. The Morgan fingerprint density at radius 1 is 0.821 bits per heavy atom. The second-order valence-corrected chi connectivity index (χ2v) is 14.8. The van der Waals surface area contributed by atoms with Crippen LogP contribution in [0.1, 0.15) is 130 Å². The summed E-state index contributed by atoms with van der Waals surface area (Å²) in [7, 11) is 0. The number of carbonyl (C=O) groups excluding carboxylic acids is 1. The minimum absolute atomic E-state index is 0.0153. The first-order chi connectivity index (χ1) is 17.8. The average Bonchev–Trinajstić information content (AvgIpc) is 3.24. The normalized spacial score (nSPS) is 12.9. The van der Waals surface area contributed by atoms with E-state index in [0.29, 0.717) is 11.8 Å². The van der Waals surface area contributed by atoms with E-state index in [1.54, 1.807) is 0 Å². The lowest BCUT2D eigenvalue weighted by Gasteiger charge is -2.33. The van der Waals surface area contributed by atoms with Crippen LogP contribution in [0.4, 0.5) is 5.69 Å². The number of carbonyl (C=O) groups is 1. The van der Waals surface area contributed by atoms with Gasteiger partial charge >= 0.3 is 0 Å². The van der Waals surface area contributed by atoms with Gasteiger partial charge in [-0.25, -0.2) is 9.13 Å². The molecule has 1 aromatic heterocycles. The third-order valence-electron chi connectivity index (χ3n) is 7.50. The minimum atomic E-state index is -0.117. The van der Waals surface area contributed by atoms with Crippen molar-refractivity contribution >= 4 is 11.6 Å². The molecule has 0 atom stereocenters. The Morgan fingerprint density at radius 3 is 1.72 bits per heavy atom. The summed E-state index contributed by atoms with van der Waals surface area (Å²) in [5, 5.41) is 3.36. The molecule has 3 aromatic rings. The molecule has 0 saturated heterocycles. The van der Waals surface area contributed by atoms with Gasteiger partial charge < -0.3 is 5.32 Å². The topological polar surface area (TPSA) is 37.9 Å². The van der Waals surface area contributed by atoms with Gasteiger partial charge in [0.15, 0.2) is 6.54 Å². The van der Waals surface area contributed by atoms with E-state index in [1.165, 1.54) is 33.5 Å². The van der Waals surface area contributed by atoms with Crippen LogP contribution in [-0.2, 0) is 27.6 Å². The Balaban J connectivity index is 2.01. The first-order valence-corrected chi connectivity index (χ1v) is 14.5. The van der Waals surface area contributed by atoms with Gasteiger partial charge in [-0.3, -0.25) is 4.79 Å². The molecule has 0 aliphatic heterocycles. The number of amides is 1. The molecule has 0 bridgehead atoms. The quantitative estimate of drug-likeness (QED) is 0.319. The van der Waals surface area contributed by atoms with E-state index in [0.717, 1.165) is 5.69 Å². The van der Waals surface area contributed by atoms with E-state index in [2.05, 4.69) is 136 Å². The highest BCUT2D eigenvalue weighted by molar-refractivity contribution is 5.92. The molecular weight excluding hydrogens is 478 g/mol. The molecule has 212 valence electrons. The summed E-state index contributed by atoms with van der Waals surface area (Å²) in [5.41, 5.74) is 8.27. The van der Waals surface area contributed by atoms with Gasteiger partial charge in [-0.05, 0) is 44.8 Å². The number of anilines is 1. The van der Waals surface area contributed by atoms with E-state index in [9.17, 15) is 4.79 Å². The number of benzene rings is 2. The van der Waals surface area contributed by atoms with Crippen LogP contribution in [0.3, 0.4) is 0 Å². The summed E-state index contributed by atoms with van der Waals surface area (Å²) >= 11 is 0. The SMILES string of the molecule is CC(C)c1cccc(C(C)C)c1-n1cc[n+](CC(=O)Nc2c(C(C)(C)C)cc(C(C)(C)C)cc2C(C)(C)C)c1. The summed E-state index contributed by atoms with van der Waals surface area (Å²) in [6.45, 7) is 29.3. The Kier molecular flexibility index (Phi) is 8.60. The Hall–Kier alpha value is -2.88. The van der Waals surface area contributed by atoms with Crippen molar-refractivity contribution in [3.05, 3.63) is 76.9 Å². The van der Waals surface area contributed by atoms with E-state index >= 15 is 0 Å². The predicted molar refractivity (Wildman–Crippen MR) is 165 cm³/mol. The monoisotopic (exact) mass is 530 g/mol. The number of hydrogen-bond donors (Lipinski definition) is 1. The van der Waals surface area contributed by atoms with Crippen LogP contribution >= 0.6 is 0 Å². The number of aromatic nitrogens is 2. The molecule has 1 N–H and O–H groups in total. The molecule has 4 nitrogen and oxygen atoms in total. The molecule has 0 unspecified atom stereocenters. The summed E-state index contributed by atoms with van der Waals surface area (Å²) in [4.78, 5) is 13.6. The number of nitrogens with one attached hydrogen (secondary N) is 1. The van der Waals surface area contributed by atoms with Crippen molar-refractivity contribution in [2.75, 3.05) is 5.32 Å². The molecular formula is C35H52N3O+. The minimum Gasteiger partial charge on any atom is -0.322 e. The Bertz CT molecular complexity index is 1260. The van der Waals surface area contributed by atoms with Gasteiger partial charge in [-0.1, -0.05) is 120 Å². The molecule has 0 saturated carbocycles. The molecule has 3 rings (SSSR count). The fraction of sp³-hybridized carbons (Fsp3) is 0.543. The number of rotatable bonds is 6. The maximum absolute atomic E-state index is 13.6. The highest BCUT2D eigenvalue weighted by Gasteiger charge is 2.30. The number of nitrogens with zero attached hydrogens (tertiary/aromatic N) is 2. The van der Waals surface area contributed by atoms with Crippen molar-refractivity contribution in [1.82, 2.24) is 4.57 Å². The third-order valence-corrected chi connectivity index (χ3v) is 7.50. The smallest absolute Gasteiger partial charge is 0.266 e. The second-order valence-electron chi connectivity index (χ2n) is 14.8. The second kappa shape index (κ2) is 10.9. The first kappa shape index (κ1) is 30.7. The zero-order chi connectivity index (χ0) is 29.5. The number of para-hydroxylation sites is 1. The zero-order valence-electron chi connectivity index (χ0n) is 26.8. The van der Waals surface area contributed by atoms with Crippen molar-refractivity contribution in [3.63, 3.8) is 0 Å². The number of imidazole rings is 1. The van der Waals surface area contributed by atoms with Gasteiger partial charge in [0.1, 0.15) is 18.1 Å². The van der Waals surface area contributed by atoms with Crippen molar-refractivity contribution in [1.29, 1.82) is 0 Å². The molecule has 1 heterocycles. The first-order valence-electron chi connectivity index (χ1n) is 14.5. The fourth-order valence-corrected chi connectivity index (χ4v) is 5.17. The Labute approximate surface area is 237 Å². The summed E-state index contributed by atoms with van der Waals surface area (Å²) in [6.07, 6.45) is 6.11. The molecule has 0 aliphatic rings. The third kappa shape index (κ3) is 7.01. The molecule has 0 radical (unpaired) electrons. The van der Waals surface area contributed by atoms with Crippen LogP contribution < -0.4 is 9.88 Å². The summed E-state index contributed by atoms with van der Waals surface area (Å²) in [5.74, 6) is 0.791. The van der Waals surface area contributed by atoms with Crippen molar-refractivity contribution in [2.45, 2.75) is 125 Å². The van der Waals surface area contributed by atoms with E-state index < -0.39 is 0 Å². The largest absolute Gasteiger partial charge is 0.322 e. The van der Waals surface area contributed by atoms with Crippen molar-refractivity contribution in [2.24, 2.45) is 0 Å². The molecule has 0 spiro atoms. The molecule has 1 amide bonds. The predicted octanol–water partition coefficient (Wildman–Crippen LogP) is 8.54. The van der Waals surface area contributed by atoms with Gasteiger partial charge in [0.25, 0.3) is 5.91 Å². The standard InChI is InChI=1S/C35H51N3O/c1-23(2)26-15-14-16-27(24(3)4)32(26)38-18-17-37(22-38)21-30(39)36-31-28(34(8,9)10)19-25(33(5,6)7)20-29(31)35(11,12)13/h14-20,22-24H,21H2,1-13H3/p+1.